The fourth-order valence-electron chi connectivity index (χ4n) is 4.70. The maximum Gasteiger partial charge on any atom is 0.343 e. The van der Waals surface area contributed by atoms with Gasteiger partial charge in [0, 0.05) is 23.2 Å². The molecule has 3 aromatic carbocycles. The molecule has 0 fully saturated rings. The maximum atomic E-state index is 14.7. The van der Waals surface area contributed by atoms with Crippen LogP contribution in [0.5, 0.6) is 0 Å². The molecule has 0 saturated heterocycles. The van der Waals surface area contributed by atoms with E-state index in [-0.39, 0.29) is 24.3 Å². The third-order valence-electron chi connectivity index (χ3n) is 6.66. The second kappa shape index (κ2) is 12.4. The first-order valence-electron chi connectivity index (χ1n) is 13.1. The van der Waals surface area contributed by atoms with E-state index in [9.17, 15) is 18.4 Å². The molecule has 0 spiro atoms. The van der Waals surface area contributed by atoms with Gasteiger partial charge in [-0.3, -0.25) is 4.79 Å². The second-order valence-corrected chi connectivity index (χ2v) is 10.3. The van der Waals surface area contributed by atoms with Crippen LogP contribution >= 0.6 is 11.3 Å². The predicted molar refractivity (Wildman–Crippen MR) is 155 cm³/mol. The number of carbonyl (C=O) groups is 1. The van der Waals surface area contributed by atoms with Gasteiger partial charge in [0.1, 0.15) is 22.0 Å². The van der Waals surface area contributed by atoms with E-state index in [0.717, 1.165) is 22.4 Å². The van der Waals surface area contributed by atoms with Gasteiger partial charge >= 0.3 is 5.97 Å². The molecule has 0 radical (unpaired) electrons. The molecule has 204 valence electrons. The lowest BCUT2D eigenvalue weighted by Gasteiger charge is -2.13. The number of aromatic nitrogens is 1. The number of nitrogens with zero attached hydrogens (tertiary/aromatic N) is 1. The summed E-state index contributed by atoms with van der Waals surface area (Å²) in [5, 5.41) is 3.80. The number of hydrogen-bond donors (Lipinski definition) is 1. The Kier molecular flexibility index (Phi) is 8.48. The van der Waals surface area contributed by atoms with Crippen LogP contribution < -0.4 is 10.7 Å². The van der Waals surface area contributed by atoms with Gasteiger partial charge < -0.3 is 14.6 Å². The third kappa shape index (κ3) is 5.73. The van der Waals surface area contributed by atoms with Gasteiger partial charge in [0.25, 0.3) is 0 Å². The van der Waals surface area contributed by atoms with Crippen LogP contribution in [0.1, 0.15) is 34.0 Å². The van der Waals surface area contributed by atoms with Crippen LogP contribution in [0.25, 0.3) is 20.7 Å². The molecule has 8 heteroatoms. The summed E-state index contributed by atoms with van der Waals surface area (Å²) in [6, 6.07) is 23.4. The molecule has 0 atom stereocenters. The molecular formula is C32H28F2N2O3S. The Morgan fingerprint density at radius 1 is 0.925 bits per heavy atom. The van der Waals surface area contributed by atoms with Crippen LogP contribution in [-0.2, 0) is 24.2 Å². The van der Waals surface area contributed by atoms with Crippen LogP contribution in [0.15, 0.2) is 89.9 Å². The molecule has 40 heavy (non-hydrogen) atoms. The standard InChI is InChI=1S/C32H28F2N2O3S/c1-2-39-32(38)25-20-36(19-24-26(33)14-9-15-27(24)34)31-28(29(25)37)23(30(40-31)22-12-7-4-8-13-22)18-35-17-16-21-10-5-3-6-11-21/h3-15,20,35H,2,16-19H2,1H3. The highest BCUT2D eigenvalue weighted by Crippen LogP contribution is 2.38. The molecular weight excluding hydrogens is 530 g/mol. The predicted octanol–water partition coefficient (Wildman–Crippen LogP) is 6.57. The molecule has 5 rings (SSSR count). The number of nitrogens with one attached hydrogen (secondary N) is 1. The summed E-state index contributed by atoms with van der Waals surface area (Å²) in [4.78, 5) is 28.1. The Hall–Kier alpha value is -4.14. The average molecular weight is 559 g/mol. The number of pyridine rings is 1. The molecule has 2 aromatic heterocycles. The van der Waals surface area contributed by atoms with Crippen molar-refractivity contribution in [1.29, 1.82) is 0 Å². The van der Waals surface area contributed by atoms with Crippen LogP contribution in [-0.4, -0.2) is 23.7 Å². The van der Waals surface area contributed by atoms with Crippen molar-refractivity contribution in [2.75, 3.05) is 13.2 Å². The molecule has 1 N–H and O–H groups in total. The molecule has 0 aliphatic carbocycles. The molecule has 5 nitrogen and oxygen atoms in total. The highest BCUT2D eigenvalue weighted by molar-refractivity contribution is 7.22. The number of fused-ring (bicyclic) bond motifs is 1. The van der Waals surface area contributed by atoms with Gasteiger partial charge in [0.05, 0.1) is 18.5 Å². The zero-order valence-electron chi connectivity index (χ0n) is 22.0. The topological polar surface area (TPSA) is 60.3 Å². The Morgan fingerprint density at radius 3 is 2.27 bits per heavy atom. The van der Waals surface area contributed by atoms with E-state index in [1.807, 2.05) is 48.5 Å². The quantitative estimate of drug-likeness (QED) is 0.156. The van der Waals surface area contributed by atoms with Gasteiger partial charge in [-0.1, -0.05) is 66.7 Å². The van der Waals surface area contributed by atoms with Crippen LogP contribution in [0.2, 0.25) is 0 Å². The van der Waals surface area contributed by atoms with Gasteiger partial charge in [0.2, 0.25) is 5.43 Å². The molecule has 0 bridgehead atoms. The first kappa shape index (κ1) is 27.4. The smallest absolute Gasteiger partial charge is 0.343 e. The van der Waals surface area contributed by atoms with Crippen molar-refractivity contribution in [3.8, 4) is 10.4 Å². The van der Waals surface area contributed by atoms with Crippen molar-refractivity contribution in [3.05, 3.63) is 129 Å². The van der Waals surface area contributed by atoms with Crippen molar-refractivity contribution in [3.63, 3.8) is 0 Å². The summed E-state index contributed by atoms with van der Waals surface area (Å²) in [6.07, 6.45) is 2.15. The Bertz CT molecular complexity index is 1680. The van der Waals surface area contributed by atoms with Gasteiger partial charge in [-0.25, -0.2) is 13.6 Å². The zero-order chi connectivity index (χ0) is 28.1. The molecule has 2 heterocycles. The van der Waals surface area contributed by atoms with E-state index in [0.29, 0.717) is 23.3 Å². The minimum Gasteiger partial charge on any atom is -0.462 e. The second-order valence-electron chi connectivity index (χ2n) is 9.29. The van der Waals surface area contributed by atoms with Gasteiger partial charge in [0.15, 0.2) is 0 Å². The first-order chi connectivity index (χ1) is 19.5. The summed E-state index contributed by atoms with van der Waals surface area (Å²) < 4.78 is 36.1. The molecule has 5 aromatic rings. The Labute approximate surface area is 234 Å². The number of esters is 1. The van der Waals surface area contributed by atoms with Gasteiger partial charge in [-0.05, 0) is 48.7 Å². The number of benzene rings is 3. The van der Waals surface area contributed by atoms with Crippen LogP contribution in [0.4, 0.5) is 8.78 Å². The van der Waals surface area contributed by atoms with Crippen molar-refractivity contribution in [2.24, 2.45) is 0 Å². The lowest BCUT2D eigenvalue weighted by Crippen LogP contribution is -2.23. The fourth-order valence-corrected chi connectivity index (χ4v) is 6.00. The van der Waals surface area contributed by atoms with Crippen LogP contribution in [0, 0.1) is 11.6 Å². The number of rotatable bonds is 10. The van der Waals surface area contributed by atoms with E-state index >= 15 is 0 Å². The van der Waals surface area contributed by atoms with Crippen molar-refractivity contribution in [2.45, 2.75) is 26.4 Å². The molecule has 0 unspecified atom stereocenters. The Morgan fingerprint density at radius 2 is 1.60 bits per heavy atom. The minimum atomic E-state index is -0.771. The van der Waals surface area contributed by atoms with E-state index in [1.54, 1.807) is 11.5 Å². The van der Waals surface area contributed by atoms with Crippen molar-refractivity contribution < 1.29 is 18.3 Å². The third-order valence-corrected chi connectivity index (χ3v) is 7.98. The van der Waals surface area contributed by atoms with Crippen molar-refractivity contribution in [1.82, 2.24) is 9.88 Å². The summed E-state index contributed by atoms with van der Waals surface area (Å²) in [5.41, 5.74) is 2.04. The largest absolute Gasteiger partial charge is 0.462 e. The average Bonchev–Trinajstić information content (AvgIpc) is 3.35. The SMILES string of the molecule is CCOC(=O)c1cn(Cc2c(F)cccc2F)c2sc(-c3ccccc3)c(CNCCc3ccccc3)c2c1=O. The van der Waals surface area contributed by atoms with E-state index in [2.05, 4.69) is 17.4 Å². The maximum absolute atomic E-state index is 14.7. The fraction of sp³-hybridized carbons (Fsp3) is 0.188. The minimum absolute atomic E-state index is 0.0883. The summed E-state index contributed by atoms with van der Waals surface area (Å²) >= 11 is 1.36. The Balaban J connectivity index is 1.65. The zero-order valence-corrected chi connectivity index (χ0v) is 22.8. The number of halogens is 2. The lowest BCUT2D eigenvalue weighted by molar-refractivity contribution is 0.0524. The number of carbonyl (C=O) groups excluding carboxylic acids is 1. The van der Waals surface area contributed by atoms with E-state index in [4.69, 9.17) is 4.74 Å². The summed E-state index contributed by atoms with van der Waals surface area (Å²) in [7, 11) is 0. The first-order valence-corrected chi connectivity index (χ1v) is 13.9. The highest BCUT2D eigenvalue weighted by Gasteiger charge is 2.24. The lowest BCUT2D eigenvalue weighted by atomic mass is 10.0. The van der Waals surface area contributed by atoms with Crippen molar-refractivity contribution >= 4 is 27.5 Å². The molecule has 0 aliphatic heterocycles. The van der Waals surface area contributed by atoms with E-state index in [1.165, 1.54) is 41.3 Å². The monoisotopic (exact) mass is 558 g/mol. The van der Waals surface area contributed by atoms with Gasteiger partial charge in [-0.15, -0.1) is 11.3 Å². The number of hydrogen-bond acceptors (Lipinski definition) is 5. The molecule has 0 saturated carbocycles. The highest BCUT2D eigenvalue weighted by atomic mass is 32.1. The van der Waals surface area contributed by atoms with Crippen LogP contribution in [0.3, 0.4) is 0 Å². The molecule has 0 amide bonds. The van der Waals surface area contributed by atoms with Gasteiger partial charge in [-0.2, -0.15) is 0 Å². The number of thiophene rings is 1. The molecule has 0 aliphatic rings. The van der Waals surface area contributed by atoms with E-state index < -0.39 is 23.0 Å². The number of ether oxygens (including phenoxy) is 1. The normalized spacial score (nSPS) is 11.2. The summed E-state index contributed by atoms with van der Waals surface area (Å²) in [5.74, 6) is -2.17. The summed E-state index contributed by atoms with van der Waals surface area (Å²) in [6.45, 7) is 2.58.